The van der Waals surface area contributed by atoms with E-state index in [2.05, 4.69) is 15.1 Å². The summed E-state index contributed by atoms with van der Waals surface area (Å²) < 4.78 is 71.6. The van der Waals surface area contributed by atoms with Gasteiger partial charge in [0.1, 0.15) is 18.2 Å². The number of halogens is 4. The van der Waals surface area contributed by atoms with E-state index in [9.17, 15) is 22.4 Å². The van der Waals surface area contributed by atoms with E-state index in [0.29, 0.717) is 41.1 Å². The van der Waals surface area contributed by atoms with Gasteiger partial charge in [-0.3, -0.25) is 4.79 Å². The number of aromatic amines is 1. The van der Waals surface area contributed by atoms with Crippen molar-refractivity contribution >= 4 is 22.5 Å². The van der Waals surface area contributed by atoms with Crippen molar-refractivity contribution in [3.8, 4) is 23.1 Å². The maximum absolute atomic E-state index is 14.0. The fourth-order valence-corrected chi connectivity index (χ4v) is 5.26. The zero-order valence-electron chi connectivity index (χ0n) is 23.5. The molecule has 44 heavy (non-hydrogen) atoms. The third-order valence-corrected chi connectivity index (χ3v) is 7.48. The van der Waals surface area contributed by atoms with E-state index >= 15 is 0 Å². The predicted octanol–water partition coefficient (Wildman–Crippen LogP) is 6.48. The van der Waals surface area contributed by atoms with E-state index < -0.39 is 36.2 Å². The SMILES string of the molecule is Cc1cc(Oc2c(F)cccc2F)ncc1-n1ncc(C(=O)c2cc3cc(OCC(F)F)c(C4CCOCC4)cc3[nH]2)c1N. The molecule has 0 amide bonds. The molecule has 1 aliphatic heterocycles. The minimum Gasteiger partial charge on any atom is -0.487 e. The predicted molar refractivity (Wildman–Crippen MR) is 153 cm³/mol. The zero-order valence-corrected chi connectivity index (χ0v) is 23.5. The standard InChI is InChI=1S/C31H27F4N5O4/c1-16-9-28(44-30-21(32)3-2-4-22(30)33)37-14-25(16)40-31(36)20(13-38-40)29(41)24-10-18-11-26(43-15-27(34)35)19(12-23(18)39-24)17-5-7-42-8-6-17/h2-4,9-14,17,27,39H,5-8,15,36H2,1H3. The summed E-state index contributed by atoms with van der Waals surface area (Å²) in [5.74, 6) is -2.36. The highest BCUT2D eigenvalue weighted by atomic mass is 19.3. The molecule has 1 fully saturated rings. The number of pyridine rings is 1. The molecule has 0 atom stereocenters. The molecule has 3 aromatic heterocycles. The molecule has 0 unspecified atom stereocenters. The molecule has 6 rings (SSSR count). The van der Waals surface area contributed by atoms with Crippen molar-refractivity contribution in [2.75, 3.05) is 25.6 Å². The molecule has 5 aromatic rings. The number of nitrogen functional groups attached to an aromatic ring is 1. The van der Waals surface area contributed by atoms with E-state index in [0.717, 1.165) is 30.5 Å². The fourth-order valence-electron chi connectivity index (χ4n) is 5.26. The highest BCUT2D eigenvalue weighted by molar-refractivity contribution is 6.12. The van der Waals surface area contributed by atoms with Gasteiger partial charge in [0.25, 0.3) is 6.43 Å². The number of rotatable bonds is 9. The lowest BCUT2D eigenvalue weighted by Gasteiger charge is -2.24. The van der Waals surface area contributed by atoms with Gasteiger partial charge in [-0.2, -0.15) is 5.10 Å². The molecule has 9 nitrogen and oxygen atoms in total. The van der Waals surface area contributed by atoms with E-state index in [4.69, 9.17) is 19.9 Å². The van der Waals surface area contributed by atoms with Crippen LogP contribution in [-0.2, 0) is 4.74 Å². The number of carbonyl (C=O) groups excluding carboxylic acids is 1. The number of nitrogens with two attached hydrogens (primary N) is 1. The minimum atomic E-state index is -2.63. The third kappa shape index (κ3) is 5.70. The molecular weight excluding hydrogens is 582 g/mol. The summed E-state index contributed by atoms with van der Waals surface area (Å²) in [5.41, 5.74) is 9.10. The van der Waals surface area contributed by atoms with Crippen molar-refractivity contribution in [2.45, 2.75) is 32.1 Å². The van der Waals surface area contributed by atoms with Crippen molar-refractivity contribution in [3.05, 3.63) is 88.9 Å². The second kappa shape index (κ2) is 12.0. The molecule has 0 spiro atoms. The summed E-state index contributed by atoms with van der Waals surface area (Å²) in [7, 11) is 0. The van der Waals surface area contributed by atoms with Crippen LogP contribution in [-0.4, -0.2) is 51.8 Å². The number of hydrogen-bond donors (Lipinski definition) is 2. The zero-order chi connectivity index (χ0) is 31.0. The van der Waals surface area contributed by atoms with Crippen LogP contribution < -0.4 is 15.2 Å². The first kappa shape index (κ1) is 29.2. The highest BCUT2D eigenvalue weighted by Crippen LogP contribution is 2.37. The van der Waals surface area contributed by atoms with Gasteiger partial charge in [-0.15, -0.1) is 0 Å². The van der Waals surface area contributed by atoms with Crippen LogP contribution in [0.3, 0.4) is 0 Å². The number of benzene rings is 2. The summed E-state index contributed by atoms with van der Waals surface area (Å²) >= 11 is 0. The molecule has 3 N–H and O–H groups in total. The van der Waals surface area contributed by atoms with Gasteiger partial charge in [0.05, 0.1) is 29.3 Å². The van der Waals surface area contributed by atoms with Crippen LogP contribution in [0, 0.1) is 18.6 Å². The normalized spacial score (nSPS) is 14.0. The number of ether oxygens (including phenoxy) is 3. The minimum absolute atomic E-state index is 0.0382. The quantitative estimate of drug-likeness (QED) is 0.145. The Labute approximate surface area is 248 Å². The number of ketones is 1. The molecule has 1 aliphatic rings. The van der Waals surface area contributed by atoms with Crippen LogP contribution >= 0.6 is 0 Å². The van der Waals surface area contributed by atoms with Gasteiger partial charge in [-0.05, 0) is 67.1 Å². The maximum Gasteiger partial charge on any atom is 0.272 e. The van der Waals surface area contributed by atoms with Gasteiger partial charge in [0.2, 0.25) is 17.4 Å². The topological polar surface area (TPSA) is 117 Å². The Morgan fingerprint density at radius 3 is 2.59 bits per heavy atom. The van der Waals surface area contributed by atoms with Crippen LogP contribution in [0.1, 0.15) is 45.9 Å². The lowest BCUT2D eigenvalue weighted by atomic mass is 9.90. The van der Waals surface area contributed by atoms with Crippen molar-refractivity contribution in [1.82, 2.24) is 19.7 Å². The third-order valence-electron chi connectivity index (χ3n) is 7.48. The van der Waals surface area contributed by atoms with Crippen LogP contribution in [0.15, 0.2) is 54.9 Å². The van der Waals surface area contributed by atoms with Gasteiger partial charge < -0.3 is 24.9 Å². The number of nitrogens with one attached hydrogen (secondary N) is 1. The smallest absolute Gasteiger partial charge is 0.272 e. The number of alkyl halides is 2. The van der Waals surface area contributed by atoms with Crippen LogP contribution in [0.5, 0.6) is 17.4 Å². The summed E-state index contributed by atoms with van der Waals surface area (Å²) in [6.45, 7) is 2.08. The first-order valence-electron chi connectivity index (χ1n) is 13.8. The molecule has 0 radical (unpaired) electrons. The maximum atomic E-state index is 14.0. The number of fused-ring (bicyclic) bond motifs is 1. The fraction of sp³-hybridized carbons (Fsp3) is 0.258. The van der Waals surface area contributed by atoms with Crippen LogP contribution in [0.25, 0.3) is 16.6 Å². The number of H-pyrrole nitrogens is 1. The number of nitrogens with zero attached hydrogens (tertiary/aromatic N) is 3. The summed E-state index contributed by atoms with van der Waals surface area (Å²) in [6, 6.07) is 9.93. The summed E-state index contributed by atoms with van der Waals surface area (Å²) in [6.07, 6.45) is 1.50. The number of aryl methyl sites for hydroxylation is 1. The summed E-state index contributed by atoms with van der Waals surface area (Å²) in [4.78, 5) is 20.8. The molecule has 0 bridgehead atoms. The largest absolute Gasteiger partial charge is 0.487 e. The number of aromatic nitrogens is 4. The lowest BCUT2D eigenvalue weighted by molar-refractivity contribution is 0.0756. The molecule has 0 saturated carbocycles. The Balaban J connectivity index is 1.28. The second-order valence-corrected chi connectivity index (χ2v) is 10.4. The van der Waals surface area contributed by atoms with E-state index in [1.807, 2.05) is 6.07 Å². The van der Waals surface area contributed by atoms with Gasteiger partial charge in [-0.1, -0.05) is 6.07 Å². The molecule has 1 saturated heterocycles. The monoisotopic (exact) mass is 609 g/mol. The Morgan fingerprint density at radius 2 is 1.89 bits per heavy atom. The van der Waals surface area contributed by atoms with Crippen molar-refractivity contribution in [3.63, 3.8) is 0 Å². The first-order valence-corrected chi connectivity index (χ1v) is 13.8. The van der Waals surface area contributed by atoms with Crippen molar-refractivity contribution in [2.24, 2.45) is 0 Å². The van der Waals surface area contributed by atoms with Gasteiger partial charge in [-0.25, -0.2) is 27.2 Å². The number of hydrogen-bond acceptors (Lipinski definition) is 7. The van der Waals surface area contributed by atoms with Gasteiger partial charge >= 0.3 is 0 Å². The van der Waals surface area contributed by atoms with E-state index in [1.54, 1.807) is 19.1 Å². The first-order chi connectivity index (χ1) is 21.2. The van der Waals surface area contributed by atoms with Crippen molar-refractivity contribution < 1.29 is 36.6 Å². The van der Waals surface area contributed by atoms with Crippen LogP contribution in [0.4, 0.5) is 23.4 Å². The Kier molecular flexibility index (Phi) is 7.95. The highest BCUT2D eigenvalue weighted by Gasteiger charge is 2.24. The summed E-state index contributed by atoms with van der Waals surface area (Å²) in [5, 5.41) is 4.89. The number of para-hydroxylation sites is 1. The van der Waals surface area contributed by atoms with Crippen LogP contribution in [0.2, 0.25) is 0 Å². The van der Waals surface area contributed by atoms with Crippen molar-refractivity contribution in [1.29, 1.82) is 0 Å². The van der Waals surface area contributed by atoms with Gasteiger partial charge in [0.15, 0.2) is 11.6 Å². The second-order valence-electron chi connectivity index (χ2n) is 10.4. The molecular formula is C31H27F4N5O4. The molecule has 228 valence electrons. The Bertz CT molecular complexity index is 1830. The molecule has 0 aliphatic carbocycles. The molecule has 4 heterocycles. The lowest BCUT2D eigenvalue weighted by Crippen LogP contribution is -2.16. The average Bonchev–Trinajstić information content (AvgIpc) is 3.60. The average molecular weight is 610 g/mol. The van der Waals surface area contributed by atoms with E-state index in [1.165, 1.54) is 29.2 Å². The van der Waals surface area contributed by atoms with E-state index in [-0.39, 0.29) is 28.9 Å². The molecule has 2 aromatic carbocycles. The molecule has 13 heteroatoms. The number of anilines is 1. The Hall–Kier alpha value is -4.91. The Morgan fingerprint density at radius 1 is 1.14 bits per heavy atom. The van der Waals surface area contributed by atoms with Gasteiger partial charge in [0, 0.05) is 30.2 Å². The number of carbonyl (C=O) groups is 1.